The lowest BCUT2D eigenvalue weighted by atomic mass is 10.2. The Hall–Kier alpha value is -1.72. The highest BCUT2D eigenvalue weighted by Crippen LogP contribution is 2.11. The third-order valence-corrected chi connectivity index (χ3v) is 3.32. The van der Waals surface area contributed by atoms with Crippen LogP contribution in [0.4, 0.5) is 0 Å². The highest BCUT2D eigenvalue weighted by atomic mass is 79.9. The van der Waals surface area contributed by atoms with E-state index in [0.29, 0.717) is 25.3 Å². The molecule has 1 aromatic heterocycles. The third-order valence-electron chi connectivity index (χ3n) is 2.85. The minimum Gasteiger partial charge on any atom is -0.332 e. The molecule has 0 aliphatic heterocycles. The fourth-order valence-electron chi connectivity index (χ4n) is 1.88. The van der Waals surface area contributed by atoms with E-state index in [1.54, 1.807) is 17.2 Å². The van der Waals surface area contributed by atoms with E-state index in [2.05, 4.69) is 20.9 Å². The van der Waals surface area contributed by atoms with Gasteiger partial charge in [-0.05, 0) is 33.6 Å². The molecule has 0 spiro atoms. The van der Waals surface area contributed by atoms with Crippen molar-refractivity contribution >= 4 is 21.8 Å². The van der Waals surface area contributed by atoms with Crippen LogP contribution in [-0.4, -0.2) is 28.9 Å². The highest BCUT2D eigenvalue weighted by Gasteiger charge is 2.16. The summed E-state index contributed by atoms with van der Waals surface area (Å²) < 4.78 is 0.850. The Labute approximate surface area is 126 Å². The molecule has 0 aliphatic rings. The number of pyridine rings is 1. The van der Waals surface area contributed by atoms with Gasteiger partial charge in [0, 0.05) is 30.3 Å². The van der Waals surface area contributed by atoms with Crippen LogP contribution in [0.5, 0.6) is 0 Å². The molecule has 0 saturated heterocycles. The van der Waals surface area contributed by atoms with E-state index >= 15 is 0 Å². The van der Waals surface area contributed by atoms with E-state index in [1.165, 1.54) is 0 Å². The molecule has 1 aromatic carbocycles. The second-order valence-electron chi connectivity index (χ2n) is 4.36. The second-order valence-corrected chi connectivity index (χ2v) is 5.28. The van der Waals surface area contributed by atoms with Gasteiger partial charge in [-0.2, -0.15) is 0 Å². The van der Waals surface area contributed by atoms with Crippen molar-refractivity contribution in [1.82, 2.24) is 9.88 Å². The number of carbonyl (C=O) groups is 1. The zero-order valence-corrected chi connectivity index (χ0v) is 12.6. The molecule has 2 rings (SSSR count). The molecule has 0 aliphatic carbocycles. The molecule has 20 heavy (non-hydrogen) atoms. The van der Waals surface area contributed by atoms with Crippen LogP contribution in [0.1, 0.15) is 16.1 Å². The summed E-state index contributed by atoms with van der Waals surface area (Å²) in [5, 5.41) is 0. The Kier molecular flexibility index (Phi) is 5.26. The van der Waals surface area contributed by atoms with Crippen LogP contribution >= 0.6 is 15.9 Å². The Morgan fingerprint density at radius 1 is 1.20 bits per heavy atom. The van der Waals surface area contributed by atoms with Gasteiger partial charge in [-0.15, -0.1) is 0 Å². The van der Waals surface area contributed by atoms with E-state index in [9.17, 15) is 4.79 Å². The van der Waals surface area contributed by atoms with Crippen molar-refractivity contribution in [2.24, 2.45) is 5.73 Å². The summed E-state index contributed by atoms with van der Waals surface area (Å²) in [7, 11) is 0. The van der Waals surface area contributed by atoms with Gasteiger partial charge in [-0.1, -0.05) is 30.3 Å². The lowest BCUT2D eigenvalue weighted by Crippen LogP contribution is -2.35. The Balaban J connectivity index is 2.15. The Morgan fingerprint density at radius 2 is 1.95 bits per heavy atom. The number of amides is 1. The summed E-state index contributed by atoms with van der Waals surface area (Å²) in [4.78, 5) is 18.3. The summed E-state index contributed by atoms with van der Waals surface area (Å²) in [6.45, 7) is 1.47. The number of hydrogen-bond acceptors (Lipinski definition) is 3. The number of nitrogens with zero attached hydrogens (tertiary/aromatic N) is 2. The minimum absolute atomic E-state index is 0.105. The van der Waals surface area contributed by atoms with E-state index in [4.69, 9.17) is 5.73 Å². The van der Waals surface area contributed by atoms with Gasteiger partial charge in [-0.3, -0.25) is 4.79 Å². The average Bonchev–Trinajstić information content (AvgIpc) is 2.48. The topological polar surface area (TPSA) is 59.2 Å². The van der Waals surface area contributed by atoms with Crippen molar-refractivity contribution in [3.63, 3.8) is 0 Å². The minimum atomic E-state index is -0.105. The van der Waals surface area contributed by atoms with Gasteiger partial charge in [0.15, 0.2) is 0 Å². The van der Waals surface area contributed by atoms with Crippen LogP contribution in [0.25, 0.3) is 0 Å². The van der Waals surface area contributed by atoms with Gasteiger partial charge < -0.3 is 10.6 Å². The smallest absolute Gasteiger partial charge is 0.272 e. The normalized spacial score (nSPS) is 10.3. The van der Waals surface area contributed by atoms with E-state index in [1.807, 2.05) is 36.4 Å². The number of hydrogen-bond donors (Lipinski definition) is 1. The standard InChI is InChI=1S/C15H16BrN3O/c16-13-6-7-14(18-10-13)15(20)19(9-8-17)11-12-4-2-1-3-5-12/h1-7,10H,8-9,11,17H2. The Morgan fingerprint density at radius 3 is 2.55 bits per heavy atom. The lowest BCUT2D eigenvalue weighted by molar-refractivity contribution is 0.0742. The van der Waals surface area contributed by atoms with Crippen LogP contribution in [0, 0.1) is 0 Å². The van der Waals surface area contributed by atoms with Gasteiger partial charge in [0.1, 0.15) is 5.69 Å². The summed E-state index contributed by atoms with van der Waals surface area (Å²) >= 11 is 3.31. The third kappa shape index (κ3) is 3.88. The van der Waals surface area contributed by atoms with Crippen molar-refractivity contribution in [2.45, 2.75) is 6.54 Å². The first-order valence-corrected chi connectivity index (χ1v) is 7.15. The SMILES string of the molecule is NCCN(Cc1ccccc1)C(=O)c1ccc(Br)cn1. The number of halogens is 1. The van der Waals surface area contributed by atoms with Crippen LogP contribution < -0.4 is 5.73 Å². The zero-order valence-electron chi connectivity index (χ0n) is 11.0. The van der Waals surface area contributed by atoms with Crippen molar-refractivity contribution in [3.05, 3.63) is 64.4 Å². The molecule has 0 unspecified atom stereocenters. The van der Waals surface area contributed by atoms with Gasteiger partial charge in [0.25, 0.3) is 5.91 Å². The van der Waals surface area contributed by atoms with Crippen molar-refractivity contribution in [2.75, 3.05) is 13.1 Å². The maximum Gasteiger partial charge on any atom is 0.272 e. The quantitative estimate of drug-likeness (QED) is 0.914. The second kappa shape index (κ2) is 7.17. The van der Waals surface area contributed by atoms with Gasteiger partial charge in [0.2, 0.25) is 0 Å². The first kappa shape index (κ1) is 14.7. The van der Waals surface area contributed by atoms with Crippen molar-refractivity contribution in [1.29, 1.82) is 0 Å². The summed E-state index contributed by atoms with van der Waals surface area (Å²) in [6.07, 6.45) is 1.62. The summed E-state index contributed by atoms with van der Waals surface area (Å²) in [6, 6.07) is 13.4. The number of benzene rings is 1. The van der Waals surface area contributed by atoms with Gasteiger partial charge >= 0.3 is 0 Å². The molecule has 0 radical (unpaired) electrons. The van der Waals surface area contributed by atoms with Crippen LogP contribution in [0.3, 0.4) is 0 Å². The molecule has 4 nitrogen and oxygen atoms in total. The zero-order chi connectivity index (χ0) is 14.4. The fraction of sp³-hybridized carbons (Fsp3) is 0.200. The van der Waals surface area contributed by atoms with E-state index in [0.717, 1.165) is 10.0 Å². The van der Waals surface area contributed by atoms with Crippen molar-refractivity contribution in [3.8, 4) is 0 Å². The van der Waals surface area contributed by atoms with Gasteiger partial charge in [0.05, 0.1) is 0 Å². The largest absolute Gasteiger partial charge is 0.332 e. The molecule has 0 fully saturated rings. The molecule has 2 aromatic rings. The number of aromatic nitrogens is 1. The molecule has 0 saturated carbocycles. The fourth-order valence-corrected chi connectivity index (χ4v) is 2.11. The molecule has 2 N–H and O–H groups in total. The monoisotopic (exact) mass is 333 g/mol. The lowest BCUT2D eigenvalue weighted by Gasteiger charge is -2.21. The molecule has 0 atom stereocenters. The van der Waals surface area contributed by atoms with Crippen molar-refractivity contribution < 1.29 is 4.79 Å². The molecular weight excluding hydrogens is 318 g/mol. The van der Waals surface area contributed by atoms with E-state index < -0.39 is 0 Å². The summed E-state index contributed by atoms with van der Waals surface area (Å²) in [5.41, 5.74) is 7.10. The molecule has 5 heteroatoms. The first-order valence-electron chi connectivity index (χ1n) is 6.35. The average molecular weight is 334 g/mol. The number of carbonyl (C=O) groups excluding carboxylic acids is 1. The number of nitrogens with two attached hydrogens (primary N) is 1. The van der Waals surface area contributed by atoms with Crippen LogP contribution in [0.15, 0.2) is 53.1 Å². The highest BCUT2D eigenvalue weighted by molar-refractivity contribution is 9.10. The van der Waals surface area contributed by atoms with Crippen LogP contribution in [-0.2, 0) is 6.54 Å². The van der Waals surface area contributed by atoms with E-state index in [-0.39, 0.29) is 5.91 Å². The maximum atomic E-state index is 12.4. The molecule has 1 amide bonds. The molecule has 0 bridgehead atoms. The Bertz CT molecular complexity index is 557. The first-order chi connectivity index (χ1) is 9.70. The van der Waals surface area contributed by atoms with Gasteiger partial charge in [-0.25, -0.2) is 4.98 Å². The maximum absolute atomic E-state index is 12.4. The molecular formula is C15H16BrN3O. The predicted molar refractivity (Wildman–Crippen MR) is 82.2 cm³/mol. The molecule has 1 heterocycles. The predicted octanol–water partition coefficient (Wildman–Crippen LogP) is 2.45. The molecule has 104 valence electrons. The van der Waals surface area contributed by atoms with Crippen LogP contribution in [0.2, 0.25) is 0 Å². The number of rotatable bonds is 5. The summed E-state index contributed by atoms with van der Waals surface area (Å²) in [5.74, 6) is -0.105.